The Kier molecular flexibility index (Phi) is 4.52. The number of H-pyrrole nitrogens is 1. The van der Waals surface area contributed by atoms with Crippen LogP contribution in [0.5, 0.6) is 0 Å². The molecule has 0 bridgehead atoms. The highest BCUT2D eigenvalue weighted by Gasteiger charge is 2.33. The minimum absolute atomic E-state index is 0.451. The van der Waals surface area contributed by atoms with Gasteiger partial charge in [0.2, 0.25) is 0 Å². The van der Waals surface area contributed by atoms with Crippen molar-refractivity contribution in [2.24, 2.45) is 0 Å². The number of nitrogens with one attached hydrogen (secondary N) is 1. The lowest BCUT2D eigenvalue weighted by atomic mass is 9.92. The van der Waals surface area contributed by atoms with Crippen LogP contribution in [0.4, 0.5) is 0 Å². The minimum Gasteiger partial charge on any atom is -0.361 e. The largest absolute Gasteiger partial charge is 0.361 e. The molecule has 0 unspecified atom stereocenters. The van der Waals surface area contributed by atoms with E-state index in [1.807, 2.05) is 91.1 Å². The van der Waals surface area contributed by atoms with E-state index in [0.717, 1.165) is 33.2 Å². The van der Waals surface area contributed by atoms with E-state index < -0.39 is 16.1 Å². The lowest BCUT2D eigenvalue weighted by molar-refractivity contribution is 0.456. The predicted molar refractivity (Wildman–Crippen MR) is 122 cm³/mol. The Morgan fingerprint density at radius 1 is 0.833 bits per heavy atom. The average molecular weight is 413 g/mol. The van der Waals surface area contributed by atoms with Crippen molar-refractivity contribution in [1.82, 2.24) is 9.29 Å². The van der Waals surface area contributed by atoms with Gasteiger partial charge >= 0.3 is 0 Å². The third kappa shape index (κ3) is 3.23. The van der Waals surface area contributed by atoms with Crippen molar-refractivity contribution in [2.45, 2.75) is 6.04 Å². The molecule has 4 aromatic rings. The van der Waals surface area contributed by atoms with Gasteiger partial charge in [0.25, 0.3) is 10.0 Å². The third-order valence-corrected chi connectivity index (χ3v) is 6.79. The third-order valence-electron chi connectivity index (χ3n) is 5.39. The molecule has 0 fully saturated rings. The van der Waals surface area contributed by atoms with E-state index in [-0.39, 0.29) is 0 Å². The number of hydrogen-bond donors (Lipinski definition) is 1. The van der Waals surface area contributed by atoms with Gasteiger partial charge in [-0.1, -0.05) is 72.8 Å². The molecule has 30 heavy (non-hydrogen) atoms. The van der Waals surface area contributed by atoms with E-state index in [4.69, 9.17) is 0 Å². The molecule has 0 saturated heterocycles. The van der Waals surface area contributed by atoms with Crippen LogP contribution < -0.4 is 0 Å². The maximum Gasteiger partial charge on any atom is 0.257 e. The Hall–Kier alpha value is -3.57. The first-order valence-electron chi connectivity index (χ1n) is 9.73. The molecule has 4 nitrogen and oxygen atoms in total. The first-order chi connectivity index (χ1) is 14.6. The van der Waals surface area contributed by atoms with Crippen molar-refractivity contribution in [3.63, 3.8) is 0 Å². The van der Waals surface area contributed by atoms with Crippen LogP contribution in [0.3, 0.4) is 0 Å². The number of sulfonamides is 1. The van der Waals surface area contributed by atoms with Crippen LogP contribution in [-0.2, 0) is 10.0 Å². The van der Waals surface area contributed by atoms with Gasteiger partial charge in [-0.2, -0.15) is 0 Å². The highest BCUT2D eigenvalue weighted by Crippen LogP contribution is 2.40. The number of hydrogen-bond acceptors (Lipinski definition) is 2. The summed E-state index contributed by atoms with van der Waals surface area (Å²) in [5.41, 5.74) is 4.73. The number of fused-ring (bicyclic) bond motifs is 2. The molecule has 0 saturated carbocycles. The number of rotatable bonds is 4. The van der Waals surface area contributed by atoms with Crippen LogP contribution in [0.2, 0.25) is 0 Å². The van der Waals surface area contributed by atoms with Gasteiger partial charge < -0.3 is 4.98 Å². The van der Waals surface area contributed by atoms with Crippen molar-refractivity contribution >= 4 is 33.1 Å². The van der Waals surface area contributed by atoms with Crippen molar-refractivity contribution < 1.29 is 8.42 Å². The van der Waals surface area contributed by atoms with Gasteiger partial charge in [0.05, 0.1) is 11.4 Å². The molecule has 1 aliphatic rings. The Balaban J connectivity index is 1.64. The zero-order valence-corrected chi connectivity index (χ0v) is 17.0. The van der Waals surface area contributed by atoms with Gasteiger partial charge in [-0.05, 0) is 34.9 Å². The SMILES string of the molecule is O=S(=O)(/C=C/c1ccccc1)N1C=Cc2ccccc2[C@H]1c1c[nH]c2ccccc12. The van der Waals surface area contributed by atoms with Crippen molar-refractivity contribution in [2.75, 3.05) is 0 Å². The normalized spacial score (nSPS) is 16.3. The van der Waals surface area contributed by atoms with E-state index in [1.165, 1.54) is 9.71 Å². The van der Waals surface area contributed by atoms with Crippen LogP contribution in [0.1, 0.15) is 28.3 Å². The number of aromatic amines is 1. The Labute approximate surface area is 175 Å². The van der Waals surface area contributed by atoms with Crippen molar-refractivity contribution in [1.29, 1.82) is 0 Å². The fourth-order valence-corrected chi connectivity index (χ4v) is 5.17. The number of para-hydroxylation sites is 1. The topological polar surface area (TPSA) is 53.2 Å². The molecular formula is C25H20N2O2S. The molecule has 3 aromatic carbocycles. The molecule has 0 spiro atoms. The van der Waals surface area contributed by atoms with E-state index in [1.54, 1.807) is 12.3 Å². The van der Waals surface area contributed by atoms with E-state index >= 15 is 0 Å². The molecule has 1 aromatic heterocycles. The molecule has 0 aliphatic carbocycles. The number of nitrogens with zero attached hydrogens (tertiary/aromatic N) is 1. The van der Waals surface area contributed by atoms with Crippen LogP contribution >= 0.6 is 0 Å². The highest BCUT2D eigenvalue weighted by atomic mass is 32.2. The smallest absolute Gasteiger partial charge is 0.257 e. The van der Waals surface area contributed by atoms with Gasteiger partial charge in [-0.15, -0.1) is 0 Å². The molecule has 1 atom stereocenters. The molecule has 148 valence electrons. The lowest BCUT2D eigenvalue weighted by Gasteiger charge is -2.33. The summed E-state index contributed by atoms with van der Waals surface area (Å²) < 4.78 is 28.2. The fraction of sp³-hybridized carbons (Fsp3) is 0.0400. The zero-order valence-electron chi connectivity index (χ0n) is 16.1. The van der Waals surface area contributed by atoms with E-state index in [9.17, 15) is 8.42 Å². The molecule has 2 heterocycles. The zero-order chi connectivity index (χ0) is 20.6. The van der Waals surface area contributed by atoms with Crippen LogP contribution in [0.15, 0.2) is 96.7 Å². The van der Waals surface area contributed by atoms with Gasteiger partial charge in [0.15, 0.2) is 0 Å². The maximum absolute atomic E-state index is 13.4. The van der Waals surface area contributed by atoms with E-state index in [0.29, 0.717) is 0 Å². The second-order valence-corrected chi connectivity index (χ2v) is 8.95. The monoisotopic (exact) mass is 412 g/mol. The summed E-state index contributed by atoms with van der Waals surface area (Å²) in [6.45, 7) is 0. The molecule has 0 amide bonds. The van der Waals surface area contributed by atoms with Crippen LogP contribution in [0, 0.1) is 0 Å². The minimum atomic E-state index is -3.72. The molecule has 1 N–H and O–H groups in total. The first-order valence-corrected chi connectivity index (χ1v) is 11.2. The Morgan fingerprint density at radius 2 is 1.57 bits per heavy atom. The highest BCUT2D eigenvalue weighted by molar-refractivity contribution is 7.92. The molecular weight excluding hydrogens is 392 g/mol. The van der Waals surface area contributed by atoms with Crippen LogP contribution in [0.25, 0.3) is 23.1 Å². The number of aromatic nitrogens is 1. The van der Waals surface area contributed by atoms with Crippen LogP contribution in [-0.4, -0.2) is 17.7 Å². The molecule has 0 radical (unpaired) electrons. The predicted octanol–water partition coefficient (Wildman–Crippen LogP) is 5.54. The first kappa shape index (κ1) is 18.5. The summed E-state index contributed by atoms with van der Waals surface area (Å²) in [5.74, 6) is 0. The summed E-state index contributed by atoms with van der Waals surface area (Å²) in [5, 5.41) is 2.29. The van der Waals surface area contributed by atoms with Crippen molar-refractivity contribution in [3.05, 3.63) is 119 Å². The standard InChI is InChI=1S/C25H20N2O2S/c28-30(29,17-15-19-8-2-1-3-9-19)27-16-14-20-10-4-5-11-21(20)25(27)23-18-26-24-13-7-6-12-22(23)24/h1-18,25-26H/b17-15+/t25-/m0/s1. The molecule has 5 rings (SSSR count). The number of benzene rings is 3. The van der Waals surface area contributed by atoms with E-state index in [2.05, 4.69) is 4.98 Å². The summed E-state index contributed by atoms with van der Waals surface area (Å²) in [6, 6.07) is 24.9. The van der Waals surface area contributed by atoms with Crippen molar-refractivity contribution in [3.8, 4) is 0 Å². The molecule has 5 heteroatoms. The Morgan fingerprint density at radius 3 is 2.43 bits per heavy atom. The second kappa shape index (κ2) is 7.35. The quantitative estimate of drug-likeness (QED) is 0.478. The fourth-order valence-electron chi connectivity index (χ4n) is 3.94. The summed E-state index contributed by atoms with van der Waals surface area (Å²) in [4.78, 5) is 3.28. The van der Waals surface area contributed by atoms with Gasteiger partial charge in [-0.3, -0.25) is 4.31 Å². The van der Waals surface area contributed by atoms with Gasteiger partial charge in [0.1, 0.15) is 0 Å². The lowest BCUT2D eigenvalue weighted by Crippen LogP contribution is -2.31. The summed E-state index contributed by atoms with van der Waals surface area (Å²) in [6.07, 6.45) is 7.07. The average Bonchev–Trinajstić information content (AvgIpc) is 3.21. The van der Waals surface area contributed by atoms with Gasteiger partial charge in [0, 0.05) is 28.9 Å². The summed E-state index contributed by atoms with van der Waals surface area (Å²) in [7, 11) is -3.72. The maximum atomic E-state index is 13.4. The van der Waals surface area contributed by atoms with Gasteiger partial charge in [-0.25, -0.2) is 8.42 Å². The second-order valence-electron chi connectivity index (χ2n) is 7.23. The molecule has 1 aliphatic heterocycles. The Bertz CT molecular complexity index is 1370. The summed E-state index contributed by atoms with van der Waals surface area (Å²) >= 11 is 0.